The monoisotopic (exact) mass is 819 g/mol. The number of hydrogen-bond acceptors (Lipinski definition) is 6. The second-order valence-corrected chi connectivity index (χ2v) is 35.7. The Morgan fingerprint density at radius 2 is 1.51 bits per heavy atom. The molecule has 0 aromatic rings. The summed E-state index contributed by atoms with van der Waals surface area (Å²) in [6.07, 6.45) is 20.1. The molecular formula is C46H86O6Si3. The molecule has 0 bridgehead atoms. The van der Waals surface area contributed by atoms with E-state index in [-0.39, 0.29) is 39.5 Å². The van der Waals surface area contributed by atoms with Gasteiger partial charge in [0.2, 0.25) is 0 Å². The van der Waals surface area contributed by atoms with Gasteiger partial charge in [-0.05, 0) is 112 Å². The zero-order valence-corrected chi connectivity index (χ0v) is 41.6. The first-order chi connectivity index (χ1) is 25.0. The molecule has 6 nitrogen and oxygen atoms in total. The maximum atomic E-state index is 11.7. The Kier molecular flexibility index (Phi) is 19.1. The van der Waals surface area contributed by atoms with E-state index >= 15 is 0 Å². The highest BCUT2D eigenvalue weighted by molar-refractivity contribution is 6.75. The van der Waals surface area contributed by atoms with Crippen molar-refractivity contribution in [2.24, 2.45) is 5.92 Å². The number of hydrogen-bond donors (Lipinski definition) is 1. The highest BCUT2D eigenvalue weighted by Crippen LogP contribution is 2.40. The number of rotatable bonds is 20. The molecule has 0 aromatic carbocycles. The standard InChI is InChI=1S/C46H86O6Si3/c1-35-27-29-48-39(32-35)25-26-43(52-55(17,18)46(10,11)12)42(47)24-20-23-41(51-54(15,16)45(7,8)9)34-37(3)31-36(2)33-40-22-19-21-38(50-40)28-30-49-53(13,14)44(4,5)6/h19-21,23,25-27,36,38-43,47H,3,22,24,28-34H2,1-2,4-18H3/t36-,38-,39+,40-,41?,42-,43?/m0/s1. The van der Waals surface area contributed by atoms with E-state index in [9.17, 15) is 5.11 Å². The Morgan fingerprint density at radius 3 is 2.09 bits per heavy atom. The van der Waals surface area contributed by atoms with E-state index in [0.717, 1.165) is 45.1 Å². The summed E-state index contributed by atoms with van der Waals surface area (Å²) in [7, 11) is -6.00. The Hall–Kier alpha value is -0.889. The first kappa shape index (κ1) is 50.3. The van der Waals surface area contributed by atoms with Crippen LogP contribution in [0.3, 0.4) is 0 Å². The average Bonchev–Trinajstić information content (AvgIpc) is 3.01. The van der Waals surface area contributed by atoms with E-state index in [0.29, 0.717) is 18.9 Å². The van der Waals surface area contributed by atoms with Crippen molar-refractivity contribution in [3.05, 3.63) is 60.3 Å². The fraction of sp³-hybridized carbons (Fsp3) is 0.783. The predicted octanol–water partition coefficient (Wildman–Crippen LogP) is 12.9. The van der Waals surface area contributed by atoms with E-state index in [1.54, 1.807) is 0 Å². The van der Waals surface area contributed by atoms with Crippen molar-refractivity contribution < 1.29 is 27.9 Å². The van der Waals surface area contributed by atoms with Crippen LogP contribution in [-0.2, 0) is 22.8 Å². The van der Waals surface area contributed by atoms with E-state index < -0.39 is 37.2 Å². The predicted molar refractivity (Wildman–Crippen MR) is 243 cm³/mol. The summed E-state index contributed by atoms with van der Waals surface area (Å²) >= 11 is 0. The lowest BCUT2D eigenvalue weighted by Crippen LogP contribution is -2.46. The largest absolute Gasteiger partial charge is 0.417 e. The van der Waals surface area contributed by atoms with Gasteiger partial charge in [0.15, 0.2) is 25.0 Å². The molecular weight excluding hydrogens is 733 g/mol. The molecule has 9 heteroatoms. The summed E-state index contributed by atoms with van der Waals surface area (Å²) < 4.78 is 32.8. The molecule has 1 N–H and O–H groups in total. The molecule has 2 aliphatic heterocycles. The van der Waals surface area contributed by atoms with Crippen molar-refractivity contribution in [1.82, 2.24) is 0 Å². The molecule has 0 radical (unpaired) electrons. The fourth-order valence-electron chi connectivity index (χ4n) is 6.19. The molecule has 2 rings (SSSR count). The first-order valence-corrected chi connectivity index (χ1v) is 30.0. The average molecular weight is 819 g/mol. The highest BCUT2D eigenvalue weighted by atomic mass is 28.4. The lowest BCUT2D eigenvalue weighted by Gasteiger charge is -2.40. The zero-order valence-electron chi connectivity index (χ0n) is 38.6. The van der Waals surface area contributed by atoms with Gasteiger partial charge in [0.1, 0.15) is 0 Å². The van der Waals surface area contributed by atoms with Gasteiger partial charge in [-0.25, -0.2) is 0 Å². The van der Waals surface area contributed by atoms with E-state index in [4.69, 9.17) is 22.8 Å². The summed E-state index contributed by atoms with van der Waals surface area (Å²) in [6, 6.07) is 0. The van der Waals surface area contributed by atoms with E-state index in [2.05, 4.69) is 158 Å². The summed E-state index contributed by atoms with van der Waals surface area (Å²) in [4.78, 5) is 0. The Balaban J connectivity index is 2.10. The minimum absolute atomic E-state index is 0.00332. The number of ether oxygens (including phenoxy) is 2. The molecule has 7 atom stereocenters. The molecule has 0 spiro atoms. The smallest absolute Gasteiger partial charge is 0.193 e. The molecule has 2 heterocycles. The third kappa shape index (κ3) is 17.1. The van der Waals surface area contributed by atoms with Crippen molar-refractivity contribution >= 4 is 25.0 Å². The molecule has 0 fully saturated rings. The van der Waals surface area contributed by atoms with Gasteiger partial charge in [0, 0.05) is 6.61 Å². The van der Waals surface area contributed by atoms with Gasteiger partial charge in [-0.3, -0.25) is 0 Å². The Bertz CT molecular complexity index is 1310. The molecule has 0 aliphatic carbocycles. The number of aliphatic hydroxyl groups excluding tert-OH is 1. The molecule has 0 saturated heterocycles. The second kappa shape index (κ2) is 20.9. The van der Waals surface area contributed by atoms with Crippen LogP contribution in [0.25, 0.3) is 0 Å². The summed E-state index contributed by atoms with van der Waals surface area (Å²) in [5.41, 5.74) is 2.53. The topological polar surface area (TPSA) is 66.4 Å². The van der Waals surface area contributed by atoms with E-state index in [1.807, 2.05) is 6.08 Å². The van der Waals surface area contributed by atoms with Gasteiger partial charge < -0.3 is 27.9 Å². The third-order valence-electron chi connectivity index (χ3n) is 13.0. The van der Waals surface area contributed by atoms with E-state index in [1.165, 1.54) is 11.1 Å². The van der Waals surface area contributed by atoms with Crippen LogP contribution in [0.15, 0.2) is 60.3 Å². The lowest BCUT2D eigenvalue weighted by atomic mass is 9.91. The van der Waals surface area contributed by atoms with Gasteiger partial charge >= 0.3 is 0 Å². The second-order valence-electron chi connectivity index (χ2n) is 21.4. The van der Waals surface area contributed by atoms with Gasteiger partial charge in [-0.2, -0.15) is 0 Å². The maximum absolute atomic E-state index is 11.7. The van der Waals surface area contributed by atoms with Crippen molar-refractivity contribution in [2.75, 3.05) is 13.2 Å². The molecule has 55 heavy (non-hydrogen) atoms. The number of aliphatic hydroxyl groups is 1. The quantitative estimate of drug-likeness (QED) is 0.0975. The molecule has 0 amide bonds. The Labute approximate surface area is 343 Å². The van der Waals surface area contributed by atoms with Crippen molar-refractivity contribution in [3.63, 3.8) is 0 Å². The Morgan fingerprint density at radius 1 is 0.909 bits per heavy atom. The van der Waals surface area contributed by atoms with Crippen LogP contribution >= 0.6 is 0 Å². The van der Waals surface area contributed by atoms with Gasteiger partial charge in [-0.1, -0.05) is 129 Å². The summed E-state index contributed by atoms with van der Waals surface area (Å²) in [5, 5.41) is 12.0. The van der Waals surface area contributed by atoms with Gasteiger partial charge in [-0.15, -0.1) is 0 Å². The first-order valence-electron chi connectivity index (χ1n) is 21.3. The third-order valence-corrected chi connectivity index (χ3v) is 26.5. The van der Waals surface area contributed by atoms with Crippen LogP contribution in [-0.4, -0.2) is 79.9 Å². The minimum Gasteiger partial charge on any atom is -0.417 e. The van der Waals surface area contributed by atoms with Crippen LogP contribution in [0.4, 0.5) is 0 Å². The van der Waals surface area contributed by atoms with Crippen molar-refractivity contribution in [2.45, 2.75) is 212 Å². The molecule has 0 saturated carbocycles. The van der Waals surface area contributed by atoms with Crippen molar-refractivity contribution in [1.29, 1.82) is 0 Å². The van der Waals surface area contributed by atoms with Gasteiger partial charge in [0.25, 0.3) is 0 Å². The normalized spacial score (nSPS) is 23.2. The lowest BCUT2D eigenvalue weighted by molar-refractivity contribution is -0.0148. The van der Waals surface area contributed by atoms with Crippen LogP contribution in [0, 0.1) is 5.92 Å². The van der Waals surface area contributed by atoms with Crippen LogP contribution in [0.5, 0.6) is 0 Å². The van der Waals surface area contributed by atoms with Gasteiger partial charge in [0.05, 0.1) is 43.2 Å². The SMILES string of the molecule is C=C(CC(C=CC[C@H](O)C(C=C[C@@H]1CC(C)=CCO1)O[Si](C)(C)C(C)(C)C)O[Si](C)(C)C(C)(C)C)C[C@H](C)C[C@@H]1CC=C[C@@H](CCO[Si](C)(C)C(C)(C)C)O1. The highest BCUT2D eigenvalue weighted by Gasteiger charge is 2.41. The zero-order chi connectivity index (χ0) is 42.0. The van der Waals surface area contributed by atoms with Crippen molar-refractivity contribution in [3.8, 4) is 0 Å². The molecule has 0 aromatic heterocycles. The minimum atomic E-state index is -2.16. The van der Waals surface area contributed by atoms with Crippen LogP contribution < -0.4 is 0 Å². The summed E-state index contributed by atoms with van der Waals surface area (Å²) in [6.45, 7) is 44.6. The molecule has 318 valence electrons. The molecule has 2 aliphatic rings. The summed E-state index contributed by atoms with van der Waals surface area (Å²) in [5.74, 6) is 0.444. The fourth-order valence-corrected chi connectivity index (χ4v) is 9.79. The molecule has 2 unspecified atom stereocenters. The van der Waals surface area contributed by atoms with Crippen LogP contribution in [0.2, 0.25) is 54.4 Å². The maximum Gasteiger partial charge on any atom is 0.193 e. The van der Waals surface area contributed by atoms with Crippen LogP contribution in [0.1, 0.15) is 121 Å².